The smallest absolute Gasteiger partial charge is 0.212 e. The van der Waals surface area contributed by atoms with Gasteiger partial charge in [0, 0.05) is 16.2 Å². The molecular weight excluding hydrogens is 227 g/mol. The zero-order chi connectivity index (χ0) is 10.9. The molecular formula is C9H10ClFO2S. The molecule has 14 heavy (non-hydrogen) atoms. The molecule has 0 aromatic heterocycles. The summed E-state index contributed by atoms with van der Waals surface area (Å²) in [5.74, 6) is -1.00. The number of benzene rings is 1. The Labute approximate surface area is 87.1 Å². The van der Waals surface area contributed by atoms with E-state index >= 15 is 0 Å². The number of hydrogen-bond acceptors (Lipinski definition) is 2. The summed E-state index contributed by atoms with van der Waals surface area (Å²) in [5.41, 5.74) is 1.75. The highest BCUT2D eigenvalue weighted by Gasteiger charge is 2.12. The van der Waals surface area contributed by atoms with Crippen molar-refractivity contribution in [3.63, 3.8) is 0 Å². The minimum atomic E-state index is -3.70. The van der Waals surface area contributed by atoms with Crippen molar-refractivity contribution in [2.24, 2.45) is 0 Å². The molecule has 0 saturated carbocycles. The SMILES string of the molecule is Cc1cc(F)c(CS(=O)(=O)Cl)cc1C. The van der Waals surface area contributed by atoms with Crippen molar-refractivity contribution in [3.05, 3.63) is 34.6 Å². The van der Waals surface area contributed by atoms with Gasteiger partial charge < -0.3 is 0 Å². The van der Waals surface area contributed by atoms with E-state index in [0.717, 1.165) is 11.1 Å². The van der Waals surface area contributed by atoms with Gasteiger partial charge in [-0.15, -0.1) is 0 Å². The largest absolute Gasteiger partial charge is 0.236 e. The third-order valence-electron chi connectivity index (χ3n) is 1.99. The lowest BCUT2D eigenvalue weighted by Gasteiger charge is -2.05. The van der Waals surface area contributed by atoms with Crippen LogP contribution >= 0.6 is 10.7 Å². The first-order chi connectivity index (χ1) is 6.29. The number of rotatable bonds is 2. The van der Waals surface area contributed by atoms with Crippen LogP contribution in [0.3, 0.4) is 0 Å². The molecule has 0 radical (unpaired) electrons. The van der Waals surface area contributed by atoms with E-state index < -0.39 is 20.6 Å². The summed E-state index contributed by atoms with van der Waals surface area (Å²) in [7, 11) is 1.34. The predicted molar refractivity (Wildman–Crippen MR) is 54.4 cm³/mol. The fraction of sp³-hybridized carbons (Fsp3) is 0.333. The summed E-state index contributed by atoms with van der Waals surface area (Å²) >= 11 is 0. The van der Waals surface area contributed by atoms with Crippen LogP contribution in [-0.2, 0) is 14.8 Å². The first-order valence-corrected chi connectivity index (χ1v) is 6.45. The lowest BCUT2D eigenvalue weighted by molar-refractivity contribution is 0.596. The number of halogens is 2. The van der Waals surface area contributed by atoms with Crippen molar-refractivity contribution in [2.45, 2.75) is 19.6 Å². The standard InChI is InChI=1S/C9H10ClFO2S/c1-6-3-8(5-14(10,12)13)9(11)4-7(6)2/h3-4H,5H2,1-2H3. The molecule has 5 heteroatoms. The molecule has 1 aromatic carbocycles. The Morgan fingerprint density at radius 1 is 1.29 bits per heavy atom. The van der Waals surface area contributed by atoms with Gasteiger partial charge >= 0.3 is 0 Å². The van der Waals surface area contributed by atoms with Crippen LogP contribution in [0.1, 0.15) is 16.7 Å². The second kappa shape index (κ2) is 3.87. The van der Waals surface area contributed by atoms with Gasteiger partial charge in [0.2, 0.25) is 9.05 Å². The molecule has 0 spiro atoms. The van der Waals surface area contributed by atoms with Crippen molar-refractivity contribution in [2.75, 3.05) is 0 Å². The van der Waals surface area contributed by atoms with Gasteiger partial charge in [-0.25, -0.2) is 12.8 Å². The highest BCUT2D eigenvalue weighted by atomic mass is 35.7. The van der Waals surface area contributed by atoms with Gasteiger partial charge in [-0.2, -0.15) is 0 Å². The van der Waals surface area contributed by atoms with Crippen LogP contribution in [0, 0.1) is 19.7 Å². The van der Waals surface area contributed by atoms with Crippen LogP contribution in [0.15, 0.2) is 12.1 Å². The highest BCUT2D eigenvalue weighted by molar-refractivity contribution is 8.13. The quantitative estimate of drug-likeness (QED) is 0.740. The molecule has 0 saturated heterocycles. The summed E-state index contributed by atoms with van der Waals surface area (Å²) in [5, 5.41) is 0. The second-order valence-corrected chi connectivity index (χ2v) is 5.99. The van der Waals surface area contributed by atoms with Crippen LogP contribution < -0.4 is 0 Å². The van der Waals surface area contributed by atoms with Gasteiger partial charge in [0.15, 0.2) is 0 Å². The molecule has 1 rings (SSSR count). The Morgan fingerprint density at radius 3 is 2.29 bits per heavy atom. The topological polar surface area (TPSA) is 34.1 Å². The average molecular weight is 237 g/mol. The molecule has 78 valence electrons. The molecule has 0 fully saturated rings. The first-order valence-electron chi connectivity index (χ1n) is 3.97. The van der Waals surface area contributed by atoms with E-state index in [1.54, 1.807) is 13.8 Å². The molecule has 0 aliphatic carbocycles. The van der Waals surface area contributed by atoms with Gasteiger partial charge in [-0.1, -0.05) is 6.07 Å². The lowest BCUT2D eigenvalue weighted by Crippen LogP contribution is -2.00. The Morgan fingerprint density at radius 2 is 1.79 bits per heavy atom. The molecule has 1 aromatic rings. The van der Waals surface area contributed by atoms with E-state index in [1.165, 1.54) is 12.1 Å². The molecule has 2 nitrogen and oxygen atoms in total. The monoisotopic (exact) mass is 236 g/mol. The third-order valence-corrected chi connectivity index (χ3v) is 2.97. The van der Waals surface area contributed by atoms with Gasteiger partial charge in [-0.3, -0.25) is 0 Å². The molecule has 0 unspecified atom stereocenters. The van der Waals surface area contributed by atoms with Crippen LogP contribution in [0.25, 0.3) is 0 Å². The summed E-state index contributed by atoms with van der Waals surface area (Å²) < 4.78 is 34.7. The minimum Gasteiger partial charge on any atom is -0.212 e. The third kappa shape index (κ3) is 2.96. The summed E-state index contributed by atoms with van der Waals surface area (Å²) in [4.78, 5) is 0. The number of hydrogen-bond donors (Lipinski definition) is 0. The lowest BCUT2D eigenvalue weighted by atomic mass is 10.1. The maximum absolute atomic E-state index is 13.2. The van der Waals surface area contributed by atoms with Gasteiger partial charge in [0.1, 0.15) is 5.82 Å². The zero-order valence-electron chi connectivity index (χ0n) is 7.84. The van der Waals surface area contributed by atoms with Gasteiger partial charge in [-0.05, 0) is 31.0 Å². The van der Waals surface area contributed by atoms with Crippen molar-refractivity contribution in [1.82, 2.24) is 0 Å². The van der Waals surface area contributed by atoms with Gasteiger partial charge in [0.05, 0.1) is 5.75 Å². The maximum Gasteiger partial charge on any atom is 0.236 e. The minimum absolute atomic E-state index is 0.114. The molecule has 0 amide bonds. The first kappa shape index (κ1) is 11.5. The van der Waals surface area contributed by atoms with Gasteiger partial charge in [0.25, 0.3) is 0 Å². The van der Waals surface area contributed by atoms with E-state index in [1.807, 2.05) is 0 Å². The summed E-state index contributed by atoms with van der Waals surface area (Å²) in [6, 6.07) is 2.82. The fourth-order valence-electron chi connectivity index (χ4n) is 1.14. The molecule has 0 aliphatic rings. The zero-order valence-corrected chi connectivity index (χ0v) is 9.41. The Balaban J connectivity index is 3.17. The van der Waals surface area contributed by atoms with Crippen LogP contribution in [-0.4, -0.2) is 8.42 Å². The fourth-order valence-corrected chi connectivity index (χ4v) is 2.08. The van der Waals surface area contributed by atoms with E-state index in [-0.39, 0.29) is 5.56 Å². The van der Waals surface area contributed by atoms with Crippen LogP contribution in [0.4, 0.5) is 4.39 Å². The summed E-state index contributed by atoms with van der Waals surface area (Å²) in [6.07, 6.45) is 0. The molecule has 0 aliphatic heterocycles. The molecule has 0 N–H and O–H groups in total. The van der Waals surface area contributed by atoms with E-state index in [9.17, 15) is 12.8 Å². The van der Waals surface area contributed by atoms with E-state index in [0.29, 0.717) is 0 Å². The maximum atomic E-state index is 13.2. The van der Waals surface area contributed by atoms with E-state index in [4.69, 9.17) is 10.7 Å². The molecule has 0 atom stereocenters. The van der Waals surface area contributed by atoms with E-state index in [2.05, 4.69) is 0 Å². The second-order valence-electron chi connectivity index (χ2n) is 3.21. The van der Waals surface area contributed by atoms with Crippen molar-refractivity contribution in [3.8, 4) is 0 Å². The Hall–Kier alpha value is -0.610. The van der Waals surface area contributed by atoms with Crippen molar-refractivity contribution < 1.29 is 12.8 Å². The summed E-state index contributed by atoms with van der Waals surface area (Å²) in [6.45, 7) is 3.55. The number of aryl methyl sites for hydroxylation is 2. The van der Waals surface area contributed by atoms with Crippen molar-refractivity contribution in [1.29, 1.82) is 0 Å². The molecule has 0 bridgehead atoms. The van der Waals surface area contributed by atoms with Crippen molar-refractivity contribution >= 4 is 19.7 Å². The Kier molecular flexibility index (Phi) is 3.17. The Bertz CT molecular complexity index is 454. The van der Waals surface area contributed by atoms with Crippen LogP contribution in [0.5, 0.6) is 0 Å². The highest BCUT2D eigenvalue weighted by Crippen LogP contribution is 2.18. The van der Waals surface area contributed by atoms with Crippen LogP contribution in [0.2, 0.25) is 0 Å². The molecule has 0 heterocycles. The normalized spacial score (nSPS) is 11.7. The average Bonchev–Trinajstić information content (AvgIpc) is 1.97. The predicted octanol–water partition coefficient (Wildman–Crippen LogP) is 2.51.